The maximum atomic E-state index is 4.69. The van der Waals surface area contributed by atoms with Gasteiger partial charge in [-0.1, -0.05) is 6.08 Å². The monoisotopic (exact) mass is 85.1 g/mol. The Morgan fingerprint density at radius 2 is 2.50 bits per heavy atom. The van der Waals surface area contributed by atoms with E-state index in [-0.39, 0.29) is 0 Å². The summed E-state index contributed by atoms with van der Waals surface area (Å²) < 4.78 is 4.69. The first-order chi connectivity index (χ1) is 2.91. The Morgan fingerprint density at radius 1 is 1.83 bits per heavy atom. The minimum absolute atomic E-state index is 0.518. The molecular weight excluding hydrogens is 76.1 g/mol. The Kier molecular flexibility index (Phi) is 4.19. The first-order valence-electron chi connectivity index (χ1n) is 1.94. The van der Waals surface area contributed by atoms with Crippen LogP contribution in [0.15, 0.2) is 12.3 Å². The van der Waals surface area contributed by atoms with Gasteiger partial charge in [0.1, 0.15) is 0 Å². The van der Waals surface area contributed by atoms with Gasteiger partial charge in [-0.15, -0.1) is 0 Å². The quantitative estimate of drug-likeness (QED) is 0.460. The molecule has 0 aliphatic rings. The average Bonchev–Trinajstić information content (AvgIpc) is 1.61. The summed E-state index contributed by atoms with van der Waals surface area (Å²) in [6.07, 6.45) is 3.44. The van der Waals surface area contributed by atoms with Crippen LogP contribution in [0.3, 0.4) is 0 Å². The lowest BCUT2D eigenvalue weighted by molar-refractivity contribution is 0.287. The fraction of sp³-hybridized carbons (Fsp3) is 0.400. The molecule has 0 aromatic heterocycles. The smallest absolute Gasteiger partial charge is 0.0874 e. The summed E-state index contributed by atoms with van der Waals surface area (Å²) >= 11 is 0. The van der Waals surface area contributed by atoms with Crippen molar-refractivity contribution in [3.05, 3.63) is 19.3 Å². The molecule has 1 radical (unpaired) electrons. The standard InChI is InChI=1S/C5H9O/c1-3-5-6-4-2/h3,5H,2,4H2,1H3/b5-3-. The zero-order chi connectivity index (χ0) is 4.83. The molecule has 0 unspecified atom stereocenters. The lowest BCUT2D eigenvalue weighted by Crippen LogP contribution is -1.74. The number of allylic oxidation sites excluding steroid dienone is 1. The Labute approximate surface area is 38.6 Å². The van der Waals surface area contributed by atoms with E-state index in [1.165, 1.54) is 0 Å². The van der Waals surface area contributed by atoms with Crippen LogP contribution in [0.25, 0.3) is 0 Å². The van der Waals surface area contributed by atoms with Crippen molar-refractivity contribution in [2.45, 2.75) is 6.92 Å². The molecule has 1 heteroatoms. The second-order valence-electron chi connectivity index (χ2n) is 0.840. The van der Waals surface area contributed by atoms with E-state index in [1.54, 1.807) is 6.26 Å². The van der Waals surface area contributed by atoms with Crippen molar-refractivity contribution in [3.63, 3.8) is 0 Å². The van der Waals surface area contributed by atoms with Crippen LogP contribution in [0.4, 0.5) is 0 Å². The van der Waals surface area contributed by atoms with Crippen molar-refractivity contribution in [3.8, 4) is 0 Å². The highest BCUT2D eigenvalue weighted by Gasteiger charge is 1.60. The molecule has 0 spiro atoms. The molecule has 0 saturated heterocycles. The normalized spacial score (nSPS) is 9.67. The average molecular weight is 85.1 g/mol. The van der Waals surface area contributed by atoms with E-state index in [0.29, 0.717) is 6.61 Å². The van der Waals surface area contributed by atoms with Gasteiger partial charge in [-0.05, 0) is 13.8 Å². The van der Waals surface area contributed by atoms with Crippen LogP contribution in [-0.2, 0) is 4.74 Å². The van der Waals surface area contributed by atoms with E-state index in [1.807, 2.05) is 13.0 Å². The molecule has 35 valence electrons. The first kappa shape index (κ1) is 5.54. The van der Waals surface area contributed by atoms with Crippen LogP contribution in [0, 0.1) is 6.92 Å². The van der Waals surface area contributed by atoms with Gasteiger partial charge in [0.15, 0.2) is 0 Å². The highest BCUT2D eigenvalue weighted by atomic mass is 16.5. The summed E-state index contributed by atoms with van der Waals surface area (Å²) in [5.41, 5.74) is 0. The van der Waals surface area contributed by atoms with Gasteiger partial charge in [-0.3, -0.25) is 0 Å². The van der Waals surface area contributed by atoms with Crippen LogP contribution in [0.5, 0.6) is 0 Å². The van der Waals surface area contributed by atoms with Crippen LogP contribution < -0.4 is 0 Å². The third-order valence-corrected chi connectivity index (χ3v) is 0.350. The second-order valence-corrected chi connectivity index (χ2v) is 0.840. The molecule has 6 heavy (non-hydrogen) atoms. The highest BCUT2D eigenvalue weighted by Crippen LogP contribution is 1.71. The number of hydrogen-bond donors (Lipinski definition) is 0. The van der Waals surface area contributed by atoms with Gasteiger partial charge in [0.25, 0.3) is 0 Å². The minimum Gasteiger partial charge on any atom is -0.502 e. The maximum Gasteiger partial charge on any atom is 0.0874 e. The lowest BCUT2D eigenvalue weighted by atomic mass is 10.7. The summed E-state index contributed by atoms with van der Waals surface area (Å²) in [4.78, 5) is 0. The molecule has 0 amide bonds. The molecular formula is C5H9O. The van der Waals surface area contributed by atoms with Crippen LogP contribution >= 0.6 is 0 Å². The predicted octanol–water partition coefficient (Wildman–Crippen LogP) is 1.37. The van der Waals surface area contributed by atoms with Crippen molar-refractivity contribution < 1.29 is 4.74 Å². The minimum atomic E-state index is 0.518. The lowest BCUT2D eigenvalue weighted by Gasteiger charge is -1.86. The molecule has 0 aromatic rings. The van der Waals surface area contributed by atoms with Crippen molar-refractivity contribution in [1.82, 2.24) is 0 Å². The third kappa shape index (κ3) is 3.54. The fourth-order valence-electron chi connectivity index (χ4n) is 0.164. The van der Waals surface area contributed by atoms with Crippen molar-refractivity contribution in [1.29, 1.82) is 0 Å². The van der Waals surface area contributed by atoms with E-state index >= 15 is 0 Å². The van der Waals surface area contributed by atoms with Crippen LogP contribution in [-0.4, -0.2) is 6.61 Å². The van der Waals surface area contributed by atoms with Crippen LogP contribution in [0.1, 0.15) is 6.92 Å². The molecule has 0 N–H and O–H groups in total. The highest BCUT2D eigenvalue weighted by molar-refractivity contribution is 4.64. The SMILES string of the molecule is [CH2]CO/C=C\C. The van der Waals surface area contributed by atoms with Crippen molar-refractivity contribution >= 4 is 0 Å². The van der Waals surface area contributed by atoms with Gasteiger partial charge in [-0.2, -0.15) is 0 Å². The summed E-state index contributed by atoms with van der Waals surface area (Å²) in [5.74, 6) is 0. The number of rotatable bonds is 2. The van der Waals surface area contributed by atoms with E-state index in [9.17, 15) is 0 Å². The maximum absolute atomic E-state index is 4.69. The summed E-state index contributed by atoms with van der Waals surface area (Å²) in [6, 6.07) is 0. The zero-order valence-electron chi connectivity index (χ0n) is 3.98. The number of ether oxygens (including phenoxy) is 1. The van der Waals surface area contributed by atoms with Gasteiger partial charge in [-0.25, -0.2) is 0 Å². The van der Waals surface area contributed by atoms with Gasteiger partial charge in [0.2, 0.25) is 0 Å². The molecule has 0 aliphatic heterocycles. The summed E-state index contributed by atoms with van der Waals surface area (Å²) in [5, 5.41) is 0. The molecule has 0 aliphatic carbocycles. The second kappa shape index (κ2) is 4.54. The molecule has 0 atom stereocenters. The van der Waals surface area contributed by atoms with E-state index in [0.717, 1.165) is 0 Å². The first-order valence-corrected chi connectivity index (χ1v) is 1.94. The topological polar surface area (TPSA) is 9.23 Å². The Hall–Kier alpha value is -0.460. The molecule has 0 rings (SSSR count). The largest absolute Gasteiger partial charge is 0.502 e. The summed E-state index contributed by atoms with van der Waals surface area (Å²) in [7, 11) is 0. The number of hydrogen-bond acceptors (Lipinski definition) is 1. The van der Waals surface area contributed by atoms with Gasteiger partial charge < -0.3 is 4.74 Å². The molecule has 0 saturated carbocycles. The third-order valence-electron chi connectivity index (χ3n) is 0.350. The Balaban J connectivity index is 2.66. The van der Waals surface area contributed by atoms with E-state index in [2.05, 4.69) is 6.92 Å². The van der Waals surface area contributed by atoms with E-state index in [4.69, 9.17) is 4.74 Å². The van der Waals surface area contributed by atoms with Crippen LogP contribution in [0.2, 0.25) is 0 Å². The Morgan fingerprint density at radius 3 is 2.67 bits per heavy atom. The predicted molar refractivity (Wildman–Crippen MR) is 26.1 cm³/mol. The van der Waals surface area contributed by atoms with Gasteiger partial charge in [0.05, 0.1) is 12.9 Å². The van der Waals surface area contributed by atoms with Crippen molar-refractivity contribution in [2.24, 2.45) is 0 Å². The molecule has 0 fully saturated rings. The molecule has 0 bridgehead atoms. The molecule has 0 heterocycles. The zero-order valence-corrected chi connectivity index (χ0v) is 3.98. The van der Waals surface area contributed by atoms with Gasteiger partial charge >= 0.3 is 0 Å². The Bertz CT molecular complexity index is 39.2. The molecule has 1 nitrogen and oxygen atoms in total. The summed E-state index contributed by atoms with van der Waals surface area (Å²) in [6.45, 7) is 5.87. The fourth-order valence-corrected chi connectivity index (χ4v) is 0.164. The van der Waals surface area contributed by atoms with Crippen molar-refractivity contribution in [2.75, 3.05) is 6.61 Å². The van der Waals surface area contributed by atoms with E-state index < -0.39 is 0 Å². The van der Waals surface area contributed by atoms with Gasteiger partial charge in [0, 0.05) is 0 Å². The molecule has 0 aromatic carbocycles.